The Morgan fingerprint density at radius 1 is 1.50 bits per heavy atom. The second-order valence-corrected chi connectivity index (χ2v) is 3.96. The fraction of sp³-hybridized carbons (Fsp3) is 0.417. The van der Waals surface area contributed by atoms with Gasteiger partial charge in [0.05, 0.1) is 11.0 Å². The Morgan fingerprint density at radius 3 is 2.67 bits per heavy atom. The second-order valence-electron chi connectivity index (χ2n) is 3.96. The lowest BCUT2D eigenvalue weighted by Crippen LogP contribution is -2.34. The molecule has 0 radical (unpaired) electrons. The first-order valence-corrected chi connectivity index (χ1v) is 5.83. The van der Waals surface area contributed by atoms with Crippen molar-refractivity contribution in [1.29, 1.82) is 0 Å². The van der Waals surface area contributed by atoms with Gasteiger partial charge in [0.25, 0.3) is 5.69 Å². The van der Waals surface area contributed by atoms with Gasteiger partial charge < -0.3 is 11.1 Å². The molecular weight excluding hydrogens is 234 g/mol. The molecule has 0 aliphatic heterocycles. The molecule has 6 heteroatoms. The number of nitrogens with two attached hydrogens (primary N) is 1. The van der Waals surface area contributed by atoms with E-state index in [1.807, 2.05) is 6.92 Å². The van der Waals surface area contributed by atoms with Crippen molar-refractivity contribution in [3.8, 4) is 0 Å². The number of nitro groups is 1. The summed E-state index contributed by atoms with van der Waals surface area (Å²) in [7, 11) is 0. The highest BCUT2D eigenvalue weighted by Crippen LogP contribution is 2.23. The van der Waals surface area contributed by atoms with Crippen molar-refractivity contribution in [3.05, 3.63) is 33.9 Å². The topological polar surface area (TPSA) is 98.3 Å². The Labute approximate surface area is 105 Å². The minimum atomic E-state index is -0.602. The standard InChI is InChI=1S/C12H17N3O3/c1-3-8-5-6-9(7-11(8)15(17)18)14-12(16)10(13)4-2/h5-7,10H,3-4,13H2,1-2H3,(H,14,16)/t10-/m1/s1. The first kappa shape index (κ1) is 14.1. The van der Waals surface area contributed by atoms with E-state index >= 15 is 0 Å². The third-order valence-corrected chi connectivity index (χ3v) is 2.71. The number of nitro benzene ring substituents is 1. The van der Waals surface area contributed by atoms with Crippen molar-refractivity contribution in [2.24, 2.45) is 5.73 Å². The normalized spacial score (nSPS) is 11.9. The van der Waals surface area contributed by atoms with E-state index in [0.29, 0.717) is 24.1 Å². The smallest absolute Gasteiger partial charge is 0.274 e. The van der Waals surface area contributed by atoms with Gasteiger partial charge in [-0.2, -0.15) is 0 Å². The van der Waals surface area contributed by atoms with Crippen LogP contribution in [0.1, 0.15) is 25.8 Å². The van der Waals surface area contributed by atoms with Crippen molar-refractivity contribution in [3.63, 3.8) is 0 Å². The van der Waals surface area contributed by atoms with Gasteiger partial charge in [-0.15, -0.1) is 0 Å². The molecule has 1 aromatic carbocycles. The van der Waals surface area contributed by atoms with Crippen LogP contribution in [0.15, 0.2) is 18.2 Å². The molecule has 0 bridgehead atoms. The number of benzene rings is 1. The monoisotopic (exact) mass is 251 g/mol. The summed E-state index contributed by atoms with van der Waals surface area (Å²) in [6.45, 7) is 3.64. The number of carbonyl (C=O) groups is 1. The summed E-state index contributed by atoms with van der Waals surface area (Å²) in [5, 5.41) is 13.4. The molecule has 3 N–H and O–H groups in total. The first-order chi connectivity index (χ1) is 8.49. The van der Waals surface area contributed by atoms with Crippen LogP contribution in [-0.4, -0.2) is 16.9 Å². The Kier molecular flexibility index (Phi) is 4.79. The first-order valence-electron chi connectivity index (χ1n) is 5.83. The summed E-state index contributed by atoms with van der Waals surface area (Å²) < 4.78 is 0. The largest absolute Gasteiger partial charge is 0.324 e. The molecule has 0 aliphatic carbocycles. The lowest BCUT2D eigenvalue weighted by Gasteiger charge is -2.10. The molecule has 0 aromatic heterocycles. The maximum atomic E-state index is 11.6. The minimum absolute atomic E-state index is 0.0142. The summed E-state index contributed by atoms with van der Waals surface area (Å²) in [4.78, 5) is 22.0. The van der Waals surface area contributed by atoms with E-state index in [1.54, 1.807) is 19.1 Å². The Bertz CT molecular complexity index is 460. The molecule has 6 nitrogen and oxygen atoms in total. The molecule has 1 atom stereocenters. The quantitative estimate of drug-likeness (QED) is 0.616. The maximum Gasteiger partial charge on any atom is 0.274 e. The van der Waals surface area contributed by atoms with Gasteiger partial charge in [-0.3, -0.25) is 14.9 Å². The zero-order chi connectivity index (χ0) is 13.7. The van der Waals surface area contributed by atoms with Crippen molar-refractivity contribution in [2.45, 2.75) is 32.7 Å². The lowest BCUT2D eigenvalue weighted by molar-refractivity contribution is -0.385. The van der Waals surface area contributed by atoms with Crippen LogP contribution < -0.4 is 11.1 Å². The van der Waals surface area contributed by atoms with Crippen molar-refractivity contribution in [1.82, 2.24) is 0 Å². The second kappa shape index (κ2) is 6.11. The molecule has 1 rings (SSSR count). The van der Waals surface area contributed by atoms with Crippen LogP contribution in [0.3, 0.4) is 0 Å². The minimum Gasteiger partial charge on any atom is -0.324 e. The van der Waals surface area contributed by atoms with Crippen molar-refractivity contribution in [2.75, 3.05) is 5.32 Å². The van der Waals surface area contributed by atoms with Crippen LogP contribution in [0, 0.1) is 10.1 Å². The average Bonchev–Trinajstić information content (AvgIpc) is 2.37. The number of rotatable bonds is 5. The van der Waals surface area contributed by atoms with E-state index in [1.165, 1.54) is 6.07 Å². The van der Waals surface area contributed by atoms with E-state index in [4.69, 9.17) is 5.73 Å². The molecular formula is C12H17N3O3. The molecule has 98 valence electrons. The number of hydrogen-bond donors (Lipinski definition) is 2. The van der Waals surface area contributed by atoms with Gasteiger partial charge in [0, 0.05) is 17.3 Å². The van der Waals surface area contributed by atoms with E-state index in [0.717, 1.165) is 0 Å². The molecule has 0 saturated heterocycles. The number of aryl methyl sites for hydroxylation is 1. The van der Waals surface area contributed by atoms with Gasteiger partial charge in [0.1, 0.15) is 0 Å². The van der Waals surface area contributed by atoms with Crippen LogP contribution >= 0.6 is 0 Å². The molecule has 0 spiro atoms. The summed E-state index contributed by atoms with van der Waals surface area (Å²) in [6.07, 6.45) is 1.08. The molecule has 1 aromatic rings. The van der Waals surface area contributed by atoms with Crippen LogP contribution in [0.2, 0.25) is 0 Å². The van der Waals surface area contributed by atoms with Gasteiger partial charge >= 0.3 is 0 Å². The molecule has 0 saturated carbocycles. The third-order valence-electron chi connectivity index (χ3n) is 2.71. The summed E-state index contributed by atoms with van der Waals surface area (Å²) in [6, 6.07) is 4.05. The number of amides is 1. The molecule has 1 amide bonds. The SMILES string of the molecule is CCc1ccc(NC(=O)[C@H](N)CC)cc1[N+](=O)[O-]. The van der Waals surface area contributed by atoms with E-state index in [2.05, 4.69) is 5.32 Å². The third kappa shape index (κ3) is 3.27. The maximum absolute atomic E-state index is 11.6. The molecule has 0 aliphatic rings. The lowest BCUT2D eigenvalue weighted by atomic mass is 10.1. The highest BCUT2D eigenvalue weighted by molar-refractivity contribution is 5.94. The van der Waals surface area contributed by atoms with Crippen molar-refractivity contribution < 1.29 is 9.72 Å². The number of nitrogens with zero attached hydrogens (tertiary/aromatic N) is 1. The molecule has 0 heterocycles. The van der Waals surface area contributed by atoms with Gasteiger partial charge in [0.15, 0.2) is 0 Å². The van der Waals surface area contributed by atoms with E-state index < -0.39 is 11.0 Å². The number of carbonyl (C=O) groups excluding carboxylic acids is 1. The van der Waals surface area contributed by atoms with Crippen LogP contribution in [0.25, 0.3) is 0 Å². The predicted octanol–water partition coefficient (Wildman–Crippen LogP) is 1.83. The fourth-order valence-electron chi connectivity index (χ4n) is 1.53. The van der Waals surface area contributed by atoms with Crippen molar-refractivity contribution >= 4 is 17.3 Å². The Balaban J connectivity index is 2.95. The van der Waals surface area contributed by atoms with E-state index in [9.17, 15) is 14.9 Å². The molecule has 18 heavy (non-hydrogen) atoms. The fourth-order valence-corrected chi connectivity index (χ4v) is 1.53. The van der Waals surface area contributed by atoms with Gasteiger partial charge in [-0.05, 0) is 18.9 Å². The highest BCUT2D eigenvalue weighted by Gasteiger charge is 2.16. The van der Waals surface area contributed by atoms with Crippen LogP contribution in [0.5, 0.6) is 0 Å². The van der Waals surface area contributed by atoms with Gasteiger partial charge in [-0.25, -0.2) is 0 Å². The van der Waals surface area contributed by atoms with Crippen LogP contribution in [-0.2, 0) is 11.2 Å². The summed E-state index contributed by atoms with van der Waals surface area (Å²) >= 11 is 0. The van der Waals surface area contributed by atoms with Gasteiger partial charge in [0.2, 0.25) is 5.91 Å². The number of anilines is 1. The Morgan fingerprint density at radius 2 is 2.17 bits per heavy atom. The zero-order valence-electron chi connectivity index (χ0n) is 10.5. The van der Waals surface area contributed by atoms with Gasteiger partial charge in [-0.1, -0.05) is 19.9 Å². The highest BCUT2D eigenvalue weighted by atomic mass is 16.6. The van der Waals surface area contributed by atoms with E-state index in [-0.39, 0.29) is 11.6 Å². The number of hydrogen-bond acceptors (Lipinski definition) is 4. The zero-order valence-corrected chi connectivity index (χ0v) is 10.5. The predicted molar refractivity (Wildman–Crippen MR) is 69.4 cm³/mol. The van der Waals surface area contributed by atoms with Crippen LogP contribution in [0.4, 0.5) is 11.4 Å². The summed E-state index contributed by atoms with van der Waals surface area (Å²) in [5.41, 5.74) is 6.62. The Hall–Kier alpha value is -1.95. The molecule has 0 unspecified atom stereocenters. The average molecular weight is 251 g/mol. The number of nitrogens with one attached hydrogen (secondary N) is 1. The summed E-state index contributed by atoms with van der Waals surface area (Å²) in [5.74, 6) is -0.337. The molecule has 0 fully saturated rings.